The first kappa shape index (κ1) is 30.2. The number of aryl methyl sites for hydroxylation is 1. The number of halogens is 1. The summed E-state index contributed by atoms with van der Waals surface area (Å²) in [6.07, 6.45) is 3.04. The number of anilines is 2. The highest BCUT2D eigenvalue weighted by Crippen LogP contribution is 2.45. The van der Waals surface area contributed by atoms with Crippen LogP contribution in [0.2, 0.25) is 5.02 Å². The third kappa shape index (κ3) is 5.46. The zero-order valence-corrected chi connectivity index (χ0v) is 27.3. The van der Waals surface area contributed by atoms with E-state index < -0.39 is 0 Å². The molecule has 44 heavy (non-hydrogen) atoms. The van der Waals surface area contributed by atoms with Gasteiger partial charge in [0.15, 0.2) is 5.11 Å². The van der Waals surface area contributed by atoms with Gasteiger partial charge >= 0.3 is 5.97 Å². The van der Waals surface area contributed by atoms with Crippen LogP contribution in [0, 0.1) is 25.7 Å². The summed E-state index contributed by atoms with van der Waals surface area (Å²) in [7, 11) is 1.41. The maximum Gasteiger partial charge on any atom is 0.339 e. The average Bonchev–Trinajstić information content (AvgIpc) is 3.50. The van der Waals surface area contributed by atoms with Crippen LogP contribution in [0.4, 0.5) is 11.4 Å². The average molecular weight is 628 g/mol. The molecule has 2 saturated heterocycles. The molecule has 2 aliphatic rings. The molecule has 0 aliphatic carbocycles. The second-order valence-corrected chi connectivity index (χ2v) is 12.9. The number of nitrogens with one attached hydrogen (secondary N) is 1. The molecule has 1 N–H and O–H groups in total. The van der Waals surface area contributed by atoms with Crippen molar-refractivity contribution in [2.24, 2.45) is 11.8 Å². The Morgan fingerprint density at radius 2 is 1.73 bits per heavy atom. The van der Waals surface area contributed by atoms with Gasteiger partial charge < -0.3 is 24.4 Å². The SMILES string of the molecule is COC(=O)c1ccccc1-n1c(C)cc(C2C(c3ccccn3)NC(=S)N2c2ccc(N3CC(C)CC(C)C3)c(Cl)c2)c1C. The lowest BCUT2D eigenvalue weighted by Gasteiger charge is -2.37. The van der Waals surface area contributed by atoms with E-state index in [0.29, 0.717) is 27.5 Å². The molecule has 0 amide bonds. The van der Waals surface area contributed by atoms with Gasteiger partial charge in [-0.25, -0.2) is 4.79 Å². The maximum absolute atomic E-state index is 12.7. The first-order valence-corrected chi connectivity index (χ1v) is 15.9. The lowest BCUT2D eigenvalue weighted by Crippen LogP contribution is -2.38. The van der Waals surface area contributed by atoms with Gasteiger partial charge in [0.05, 0.1) is 46.8 Å². The number of aromatic nitrogens is 2. The van der Waals surface area contributed by atoms with Crippen molar-refractivity contribution >= 4 is 46.3 Å². The van der Waals surface area contributed by atoms with Crippen LogP contribution >= 0.6 is 23.8 Å². The number of methoxy groups -OCH3 is 1. The number of piperidine rings is 1. The Morgan fingerprint density at radius 3 is 2.41 bits per heavy atom. The van der Waals surface area contributed by atoms with E-state index in [1.165, 1.54) is 13.5 Å². The molecule has 7 nitrogen and oxygen atoms in total. The molecular formula is C35H38ClN5O2S. The summed E-state index contributed by atoms with van der Waals surface area (Å²) in [6, 6.07) is 21.5. The first-order chi connectivity index (χ1) is 21.2. The van der Waals surface area contributed by atoms with Crippen LogP contribution in [0.1, 0.15) is 65.4 Å². The molecule has 0 saturated carbocycles. The normalized spacial score (nSPS) is 21.8. The molecule has 0 bridgehead atoms. The Kier molecular flexibility index (Phi) is 8.40. The predicted molar refractivity (Wildman–Crippen MR) is 181 cm³/mol. The summed E-state index contributed by atoms with van der Waals surface area (Å²) in [5, 5.41) is 4.89. The zero-order chi connectivity index (χ0) is 31.1. The number of carbonyl (C=O) groups excluding carboxylic acids is 1. The van der Waals surface area contributed by atoms with Gasteiger partial charge in [-0.05, 0) is 98.4 Å². The Bertz CT molecular complexity index is 1700. The highest BCUT2D eigenvalue weighted by Gasteiger charge is 2.42. The molecule has 6 rings (SSSR count). The van der Waals surface area contributed by atoms with E-state index >= 15 is 0 Å². The molecule has 4 heterocycles. The molecule has 228 valence electrons. The molecule has 0 radical (unpaired) electrons. The monoisotopic (exact) mass is 627 g/mol. The van der Waals surface area contributed by atoms with Crippen LogP contribution in [-0.4, -0.2) is 40.8 Å². The minimum absolute atomic E-state index is 0.212. The minimum Gasteiger partial charge on any atom is -0.465 e. The third-order valence-electron chi connectivity index (χ3n) is 8.86. The number of ether oxygens (including phenoxy) is 1. The molecular weight excluding hydrogens is 590 g/mol. The lowest BCUT2D eigenvalue weighted by molar-refractivity contribution is 0.0600. The van der Waals surface area contributed by atoms with Crippen LogP contribution in [0.3, 0.4) is 0 Å². The van der Waals surface area contributed by atoms with Crippen LogP contribution in [0.15, 0.2) is 72.9 Å². The first-order valence-electron chi connectivity index (χ1n) is 15.1. The molecule has 4 atom stereocenters. The fourth-order valence-corrected chi connectivity index (χ4v) is 7.76. The summed E-state index contributed by atoms with van der Waals surface area (Å²) in [6.45, 7) is 10.7. The van der Waals surface area contributed by atoms with Crippen molar-refractivity contribution in [3.8, 4) is 5.69 Å². The van der Waals surface area contributed by atoms with Crippen molar-refractivity contribution in [3.05, 3.63) is 106 Å². The summed E-state index contributed by atoms with van der Waals surface area (Å²) >= 11 is 13.1. The number of pyridine rings is 1. The van der Waals surface area contributed by atoms with Crippen molar-refractivity contribution < 1.29 is 9.53 Å². The predicted octanol–water partition coefficient (Wildman–Crippen LogP) is 7.59. The number of hydrogen-bond acceptors (Lipinski definition) is 5. The number of rotatable bonds is 6. The van der Waals surface area contributed by atoms with Crippen molar-refractivity contribution in [1.29, 1.82) is 0 Å². The number of para-hydroxylation sites is 1. The molecule has 0 spiro atoms. The van der Waals surface area contributed by atoms with Gasteiger partial charge in [-0.2, -0.15) is 0 Å². The van der Waals surface area contributed by atoms with E-state index in [1.54, 1.807) is 6.07 Å². The molecule has 4 unspecified atom stereocenters. The van der Waals surface area contributed by atoms with Gasteiger partial charge in [0.2, 0.25) is 0 Å². The number of benzene rings is 2. The molecule has 2 aliphatic heterocycles. The Morgan fingerprint density at radius 1 is 1.00 bits per heavy atom. The Hall–Kier alpha value is -3.88. The highest BCUT2D eigenvalue weighted by atomic mass is 35.5. The van der Waals surface area contributed by atoms with Crippen molar-refractivity contribution in [2.75, 3.05) is 30.0 Å². The number of esters is 1. The standard InChI is InChI=1S/C35H38ClN5O2S/c1-21-16-22(2)20-39(19-21)31-14-13-25(18-28(31)36)41-33(32(38-35(41)44)29-11-8-9-15-37-29)27-17-23(3)40(24(27)4)30-12-7-6-10-26(30)34(42)43-5/h6-15,17-18,21-22,32-33H,16,19-20H2,1-5H3,(H,38,44). The van der Waals surface area contributed by atoms with E-state index in [1.807, 2.05) is 48.7 Å². The van der Waals surface area contributed by atoms with Gasteiger partial charge in [-0.15, -0.1) is 0 Å². The Balaban J connectivity index is 1.46. The summed E-state index contributed by atoms with van der Waals surface area (Å²) in [5.74, 6) is 0.861. The number of nitrogens with zero attached hydrogens (tertiary/aromatic N) is 4. The van der Waals surface area contributed by atoms with Crippen LogP contribution < -0.4 is 15.1 Å². The van der Waals surface area contributed by atoms with E-state index in [0.717, 1.165) is 52.8 Å². The fourth-order valence-electron chi connectivity index (χ4n) is 7.12. The third-order valence-corrected chi connectivity index (χ3v) is 9.47. The number of hydrogen-bond donors (Lipinski definition) is 1. The van der Waals surface area contributed by atoms with E-state index in [2.05, 4.69) is 65.6 Å². The molecule has 4 aromatic rings. The highest BCUT2D eigenvalue weighted by molar-refractivity contribution is 7.80. The second-order valence-electron chi connectivity index (χ2n) is 12.2. The minimum atomic E-state index is -0.376. The van der Waals surface area contributed by atoms with Gasteiger partial charge in [0.1, 0.15) is 0 Å². The maximum atomic E-state index is 12.7. The van der Waals surface area contributed by atoms with Gasteiger partial charge in [0, 0.05) is 36.4 Å². The quantitative estimate of drug-likeness (QED) is 0.175. The summed E-state index contributed by atoms with van der Waals surface area (Å²) in [4.78, 5) is 22.0. The largest absolute Gasteiger partial charge is 0.465 e. The molecule has 2 aromatic heterocycles. The fraction of sp³-hybridized carbons (Fsp3) is 0.343. The van der Waals surface area contributed by atoms with E-state index in [4.69, 9.17) is 33.5 Å². The number of thiocarbonyl (C=S) groups is 1. The van der Waals surface area contributed by atoms with Crippen LogP contribution in [0.5, 0.6) is 0 Å². The van der Waals surface area contributed by atoms with Crippen molar-refractivity contribution in [3.63, 3.8) is 0 Å². The van der Waals surface area contributed by atoms with Crippen LogP contribution in [0.25, 0.3) is 5.69 Å². The van der Waals surface area contributed by atoms with E-state index in [-0.39, 0.29) is 18.1 Å². The van der Waals surface area contributed by atoms with Crippen molar-refractivity contribution in [1.82, 2.24) is 14.9 Å². The van der Waals surface area contributed by atoms with Gasteiger partial charge in [-0.1, -0.05) is 43.6 Å². The van der Waals surface area contributed by atoms with Gasteiger partial charge in [0.25, 0.3) is 0 Å². The second kappa shape index (κ2) is 12.3. The van der Waals surface area contributed by atoms with Gasteiger partial charge in [-0.3, -0.25) is 4.98 Å². The zero-order valence-electron chi connectivity index (χ0n) is 25.8. The molecule has 2 fully saturated rings. The molecule has 2 aromatic carbocycles. The number of carbonyl (C=O) groups is 1. The lowest BCUT2D eigenvalue weighted by atomic mass is 9.91. The topological polar surface area (TPSA) is 62.6 Å². The smallest absolute Gasteiger partial charge is 0.339 e. The summed E-state index contributed by atoms with van der Waals surface area (Å²) < 4.78 is 7.23. The van der Waals surface area contributed by atoms with E-state index in [9.17, 15) is 4.79 Å². The molecule has 9 heteroatoms. The van der Waals surface area contributed by atoms with Crippen molar-refractivity contribution in [2.45, 2.75) is 46.2 Å². The summed E-state index contributed by atoms with van der Waals surface area (Å²) in [5.41, 5.74) is 7.20. The Labute approximate surface area is 269 Å². The van der Waals surface area contributed by atoms with Crippen LogP contribution in [-0.2, 0) is 4.74 Å².